The lowest BCUT2D eigenvalue weighted by Gasteiger charge is -2.34. The first-order valence-corrected chi connectivity index (χ1v) is 8.25. The summed E-state index contributed by atoms with van der Waals surface area (Å²) in [6.07, 6.45) is 5.17. The van der Waals surface area contributed by atoms with Gasteiger partial charge in [0.2, 0.25) is 0 Å². The molecule has 1 aromatic carbocycles. The molecule has 2 aromatic heterocycles. The second-order valence-corrected chi connectivity index (χ2v) is 6.39. The van der Waals surface area contributed by atoms with E-state index in [2.05, 4.69) is 26.9 Å². The van der Waals surface area contributed by atoms with Crippen molar-refractivity contribution in [2.75, 3.05) is 11.4 Å². The number of aromatic nitrogens is 3. The molecule has 0 radical (unpaired) electrons. The van der Waals surface area contributed by atoms with Crippen molar-refractivity contribution in [1.29, 1.82) is 0 Å². The predicted octanol–water partition coefficient (Wildman–Crippen LogP) is 4.32. The van der Waals surface area contributed by atoms with Gasteiger partial charge in [-0.1, -0.05) is 28.9 Å². The molecule has 23 heavy (non-hydrogen) atoms. The van der Waals surface area contributed by atoms with Crippen LogP contribution in [0.15, 0.2) is 35.1 Å². The van der Waals surface area contributed by atoms with Gasteiger partial charge in [-0.25, -0.2) is 4.98 Å². The second-order valence-electron chi connectivity index (χ2n) is 5.95. The number of fused-ring (bicyclic) bond motifs is 1. The van der Waals surface area contributed by atoms with Crippen LogP contribution < -0.4 is 4.90 Å². The van der Waals surface area contributed by atoms with Crippen molar-refractivity contribution in [3.05, 3.63) is 35.6 Å². The van der Waals surface area contributed by atoms with Crippen molar-refractivity contribution in [2.45, 2.75) is 32.2 Å². The zero-order valence-corrected chi connectivity index (χ0v) is 13.6. The fourth-order valence-electron chi connectivity index (χ4n) is 3.21. The van der Waals surface area contributed by atoms with Gasteiger partial charge in [-0.3, -0.25) is 0 Å². The summed E-state index contributed by atoms with van der Waals surface area (Å²) >= 11 is 5.99. The molecule has 0 aliphatic carbocycles. The van der Waals surface area contributed by atoms with Gasteiger partial charge in [0.05, 0.1) is 0 Å². The molecule has 5 nitrogen and oxygen atoms in total. The van der Waals surface area contributed by atoms with Gasteiger partial charge in [0.15, 0.2) is 0 Å². The van der Waals surface area contributed by atoms with E-state index in [1.54, 1.807) is 6.33 Å². The van der Waals surface area contributed by atoms with E-state index in [0.29, 0.717) is 16.8 Å². The number of anilines is 1. The van der Waals surface area contributed by atoms with Crippen LogP contribution in [0.5, 0.6) is 0 Å². The lowest BCUT2D eigenvalue weighted by Crippen LogP contribution is -2.38. The highest BCUT2D eigenvalue weighted by Gasteiger charge is 2.25. The average molecular weight is 329 g/mol. The van der Waals surface area contributed by atoms with Crippen LogP contribution in [-0.2, 0) is 0 Å². The van der Waals surface area contributed by atoms with E-state index in [0.717, 1.165) is 29.0 Å². The Morgan fingerprint density at radius 1 is 1.17 bits per heavy atom. The van der Waals surface area contributed by atoms with E-state index in [-0.39, 0.29) is 0 Å². The summed E-state index contributed by atoms with van der Waals surface area (Å²) in [6.45, 7) is 3.24. The van der Waals surface area contributed by atoms with Crippen LogP contribution >= 0.6 is 11.6 Å². The van der Waals surface area contributed by atoms with Crippen LogP contribution in [0.1, 0.15) is 26.2 Å². The summed E-state index contributed by atoms with van der Waals surface area (Å²) < 4.78 is 5.44. The van der Waals surface area contributed by atoms with Crippen LogP contribution in [0.25, 0.3) is 22.4 Å². The van der Waals surface area contributed by atoms with Crippen molar-refractivity contribution < 1.29 is 4.52 Å². The van der Waals surface area contributed by atoms with Crippen molar-refractivity contribution >= 4 is 28.5 Å². The lowest BCUT2D eigenvalue weighted by atomic mass is 10.0. The van der Waals surface area contributed by atoms with E-state index < -0.39 is 0 Å². The van der Waals surface area contributed by atoms with Gasteiger partial charge < -0.3 is 9.42 Å². The minimum Gasteiger partial charge on any atom is -0.353 e. The van der Waals surface area contributed by atoms with Crippen LogP contribution in [-0.4, -0.2) is 27.7 Å². The molecule has 4 rings (SSSR count). The molecular formula is C17H17ClN4O. The van der Waals surface area contributed by atoms with E-state index >= 15 is 0 Å². The molecular weight excluding hydrogens is 312 g/mol. The molecule has 1 atom stereocenters. The molecule has 1 aliphatic heterocycles. The number of nitrogens with zero attached hydrogens (tertiary/aromatic N) is 4. The lowest BCUT2D eigenvalue weighted by molar-refractivity contribution is 0.451. The molecule has 118 valence electrons. The Morgan fingerprint density at radius 2 is 2.00 bits per heavy atom. The topological polar surface area (TPSA) is 55.1 Å². The van der Waals surface area contributed by atoms with E-state index in [1.165, 1.54) is 19.3 Å². The van der Waals surface area contributed by atoms with Gasteiger partial charge in [-0.15, -0.1) is 0 Å². The largest absolute Gasteiger partial charge is 0.353 e. The van der Waals surface area contributed by atoms with Crippen LogP contribution in [0.3, 0.4) is 0 Å². The third-order valence-corrected chi connectivity index (χ3v) is 4.70. The zero-order chi connectivity index (χ0) is 15.8. The van der Waals surface area contributed by atoms with Gasteiger partial charge in [0.25, 0.3) is 5.71 Å². The van der Waals surface area contributed by atoms with Crippen molar-refractivity contribution in [3.8, 4) is 11.3 Å². The van der Waals surface area contributed by atoms with Crippen molar-refractivity contribution in [1.82, 2.24) is 15.1 Å². The minimum absolute atomic E-state index is 0.454. The first-order chi connectivity index (χ1) is 11.2. The Kier molecular flexibility index (Phi) is 3.65. The van der Waals surface area contributed by atoms with Crippen LogP contribution in [0.4, 0.5) is 5.82 Å². The minimum atomic E-state index is 0.454. The standard InChI is InChI=1S/C17H17ClN4O/c1-11-4-2-3-9-22(11)16-14-15(12-5-7-13(18)8-6-12)21-23-17(14)20-10-19-16/h5-8,10-11H,2-4,9H2,1H3/t11-/m0/s1. The molecule has 1 saturated heterocycles. The quantitative estimate of drug-likeness (QED) is 0.701. The Hall–Kier alpha value is -2.14. The molecule has 1 aliphatic rings. The van der Waals surface area contributed by atoms with Crippen LogP contribution in [0, 0.1) is 0 Å². The Bertz CT molecular complexity index is 830. The summed E-state index contributed by atoms with van der Waals surface area (Å²) in [5.74, 6) is 0.911. The molecule has 0 saturated carbocycles. The summed E-state index contributed by atoms with van der Waals surface area (Å²) in [6, 6.07) is 8.04. The van der Waals surface area contributed by atoms with Crippen molar-refractivity contribution in [2.24, 2.45) is 0 Å². The highest BCUT2D eigenvalue weighted by Crippen LogP contribution is 2.35. The molecule has 3 aromatic rings. The molecule has 0 bridgehead atoms. The Balaban J connectivity index is 1.88. The predicted molar refractivity (Wildman–Crippen MR) is 90.7 cm³/mol. The highest BCUT2D eigenvalue weighted by molar-refractivity contribution is 6.30. The third kappa shape index (κ3) is 2.55. The van der Waals surface area contributed by atoms with E-state index in [9.17, 15) is 0 Å². The molecule has 0 unspecified atom stereocenters. The highest BCUT2D eigenvalue weighted by atomic mass is 35.5. The van der Waals surface area contributed by atoms with E-state index in [4.69, 9.17) is 16.1 Å². The average Bonchev–Trinajstić information content (AvgIpc) is 3.00. The van der Waals surface area contributed by atoms with E-state index in [1.807, 2.05) is 24.3 Å². The van der Waals surface area contributed by atoms with Gasteiger partial charge in [0.1, 0.15) is 23.2 Å². The van der Waals surface area contributed by atoms with Gasteiger partial charge in [-0.05, 0) is 38.3 Å². The summed E-state index contributed by atoms with van der Waals surface area (Å²) in [5.41, 5.74) is 2.25. The number of halogens is 1. The Labute approximate surface area is 139 Å². The van der Waals surface area contributed by atoms with Crippen LogP contribution in [0.2, 0.25) is 5.02 Å². The number of benzene rings is 1. The summed E-state index contributed by atoms with van der Waals surface area (Å²) in [5, 5.41) is 5.80. The SMILES string of the molecule is C[C@H]1CCCCN1c1ncnc2onc(-c3ccc(Cl)cc3)c12. The first-order valence-electron chi connectivity index (χ1n) is 7.87. The number of rotatable bonds is 2. The third-order valence-electron chi connectivity index (χ3n) is 4.45. The maximum absolute atomic E-state index is 5.99. The smallest absolute Gasteiger partial charge is 0.263 e. The number of hydrogen-bond donors (Lipinski definition) is 0. The van der Waals surface area contributed by atoms with Gasteiger partial charge in [-0.2, -0.15) is 4.98 Å². The Morgan fingerprint density at radius 3 is 2.78 bits per heavy atom. The number of piperidine rings is 1. The van der Waals surface area contributed by atoms with Gasteiger partial charge in [0, 0.05) is 23.2 Å². The maximum Gasteiger partial charge on any atom is 0.263 e. The molecule has 0 amide bonds. The van der Waals surface area contributed by atoms with Gasteiger partial charge >= 0.3 is 0 Å². The summed E-state index contributed by atoms with van der Waals surface area (Å²) in [4.78, 5) is 11.1. The normalized spacial score (nSPS) is 18.5. The fourth-order valence-corrected chi connectivity index (χ4v) is 3.33. The molecule has 1 fully saturated rings. The molecule has 0 N–H and O–H groups in total. The second kappa shape index (κ2) is 5.81. The summed E-state index contributed by atoms with van der Waals surface area (Å²) in [7, 11) is 0. The molecule has 3 heterocycles. The molecule has 6 heteroatoms. The first kappa shape index (κ1) is 14.5. The molecule has 0 spiro atoms. The maximum atomic E-state index is 5.99. The van der Waals surface area contributed by atoms with Crippen molar-refractivity contribution in [3.63, 3.8) is 0 Å². The monoisotopic (exact) mass is 328 g/mol. The zero-order valence-electron chi connectivity index (χ0n) is 12.9. The fraction of sp³-hybridized carbons (Fsp3) is 0.353. The number of hydrogen-bond acceptors (Lipinski definition) is 5.